The number of ether oxygens (including phenoxy) is 1. The van der Waals surface area contributed by atoms with Crippen molar-refractivity contribution < 1.29 is 17.9 Å². The summed E-state index contributed by atoms with van der Waals surface area (Å²) in [6, 6.07) is 14.8. The van der Waals surface area contributed by atoms with Gasteiger partial charge in [0.2, 0.25) is 0 Å². The van der Waals surface area contributed by atoms with E-state index >= 15 is 0 Å². The third-order valence-corrected chi connectivity index (χ3v) is 7.34. The summed E-state index contributed by atoms with van der Waals surface area (Å²) in [4.78, 5) is 12.6. The van der Waals surface area contributed by atoms with Gasteiger partial charge in [0.25, 0.3) is 0 Å². The number of aryl methyl sites for hydroxylation is 1. The lowest BCUT2D eigenvalue weighted by molar-refractivity contribution is -0.147. The van der Waals surface area contributed by atoms with Crippen LogP contribution in [0, 0.1) is 23.7 Å². The van der Waals surface area contributed by atoms with Gasteiger partial charge in [0.15, 0.2) is 15.3 Å². The van der Waals surface area contributed by atoms with Gasteiger partial charge in [-0.05, 0) is 43.7 Å². The minimum Gasteiger partial charge on any atom is -0.465 e. The summed E-state index contributed by atoms with van der Waals surface area (Å²) >= 11 is 5.85. The zero-order chi connectivity index (χ0) is 19.8. The van der Waals surface area contributed by atoms with Gasteiger partial charge in [-0.15, -0.1) is 0 Å². The summed E-state index contributed by atoms with van der Waals surface area (Å²) < 4.78 is 31.5. The number of halogens is 1. The molecule has 0 amide bonds. The summed E-state index contributed by atoms with van der Waals surface area (Å²) in [6.45, 7) is 3.59. The Morgan fingerprint density at radius 2 is 1.78 bits per heavy atom. The van der Waals surface area contributed by atoms with Crippen molar-refractivity contribution in [2.45, 2.75) is 29.9 Å². The van der Waals surface area contributed by atoms with Crippen LogP contribution in [0.25, 0.3) is 0 Å². The van der Waals surface area contributed by atoms with Crippen LogP contribution >= 0.6 is 11.6 Å². The molecule has 7 heteroatoms. The van der Waals surface area contributed by atoms with Gasteiger partial charge in [-0.25, -0.2) is 8.42 Å². The molecule has 0 unspecified atom stereocenters. The Bertz CT molecular complexity index is 1010. The van der Waals surface area contributed by atoms with Crippen LogP contribution in [0.15, 0.2) is 53.4 Å². The lowest BCUT2D eigenvalue weighted by Gasteiger charge is -2.09. The molecule has 2 aromatic carbocycles. The van der Waals surface area contributed by atoms with Crippen molar-refractivity contribution in [3.8, 4) is 6.07 Å². The molecule has 3 rings (SSSR count). The molecule has 0 bridgehead atoms. The van der Waals surface area contributed by atoms with E-state index in [1.807, 2.05) is 25.1 Å². The lowest BCUT2D eigenvalue weighted by Crippen LogP contribution is -2.25. The summed E-state index contributed by atoms with van der Waals surface area (Å²) in [5, 5.41) is 9.02. The van der Waals surface area contributed by atoms with Gasteiger partial charge < -0.3 is 4.74 Å². The largest absolute Gasteiger partial charge is 0.465 e. The standard InChI is InChI=1S/C20H18ClNO4S/c1-3-26-19(23)20(12-22)17(14-6-4-13(2)5-7-14)18(20)27(24,25)16-10-8-15(21)9-11-16/h4-11,17-18H,3H2,1-2H3/t17-,18-,20-/m1/s1. The number of nitrogens with zero attached hydrogens (tertiary/aromatic N) is 1. The van der Waals surface area contributed by atoms with Gasteiger partial charge in [0, 0.05) is 10.9 Å². The van der Waals surface area contributed by atoms with E-state index in [2.05, 4.69) is 0 Å². The molecule has 27 heavy (non-hydrogen) atoms. The van der Waals surface area contributed by atoms with Crippen LogP contribution in [0.4, 0.5) is 0 Å². The van der Waals surface area contributed by atoms with Crippen molar-refractivity contribution in [2.24, 2.45) is 5.41 Å². The number of nitriles is 1. The molecule has 0 spiro atoms. The highest BCUT2D eigenvalue weighted by Crippen LogP contribution is 2.64. The molecule has 2 aromatic rings. The van der Waals surface area contributed by atoms with Crippen LogP contribution in [0.5, 0.6) is 0 Å². The fourth-order valence-corrected chi connectivity index (χ4v) is 5.81. The molecular formula is C20H18ClNO4S. The maximum absolute atomic E-state index is 13.2. The first-order valence-electron chi connectivity index (χ1n) is 8.43. The molecule has 0 N–H and O–H groups in total. The summed E-state index contributed by atoms with van der Waals surface area (Å²) in [5.41, 5.74) is -0.142. The van der Waals surface area contributed by atoms with Gasteiger partial charge in [-0.3, -0.25) is 4.79 Å². The number of esters is 1. The van der Waals surface area contributed by atoms with Crippen LogP contribution in [-0.2, 0) is 19.4 Å². The lowest BCUT2D eigenvalue weighted by atomic mass is 10.00. The van der Waals surface area contributed by atoms with Gasteiger partial charge in [0.1, 0.15) is 5.25 Å². The first kappa shape index (κ1) is 19.4. The topological polar surface area (TPSA) is 84.2 Å². The monoisotopic (exact) mass is 403 g/mol. The zero-order valence-electron chi connectivity index (χ0n) is 14.8. The van der Waals surface area contributed by atoms with Gasteiger partial charge in [-0.2, -0.15) is 5.26 Å². The highest BCUT2D eigenvalue weighted by atomic mass is 35.5. The minimum absolute atomic E-state index is 0.0236. The number of rotatable bonds is 5. The Labute approximate surface area is 163 Å². The molecule has 1 aliphatic carbocycles. The second kappa shape index (κ2) is 6.99. The predicted molar refractivity (Wildman–Crippen MR) is 101 cm³/mol. The number of benzene rings is 2. The maximum Gasteiger partial charge on any atom is 0.328 e. The van der Waals surface area contributed by atoms with E-state index in [1.165, 1.54) is 24.3 Å². The summed E-state index contributed by atoms with van der Waals surface area (Å²) in [6.07, 6.45) is 0. The fraction of sp³-hybridized carbons (Fsp3) is 0.300. The molecule has 5 nitrogen and oxygen atoms in total. The van der Waals surface area contributed by atoms with E-state index < -0.39 is 32.4 Å². The zero-order valence-corrected chi connectivity index (χ0v) is 16.4. The van der Waals surface area contributed by atoms with E-state index in [4.69, 9.17) is 16.3 Å². The predicted octanol–water partition coefficient (Wildman–Crippen LogP) is 3.66. The third kappa shape index (κ3) is 3.11. The van der Waals surface area contributed by atoms with Gasteiger partial charge in [-0.1, -0.05) is 41.4 Å². The normalized spacial score (nSPS) is 24.1. The van der Waals surface area contributed by atoms with Gasteiger partial charge >= 0.3 is 5.97 Å². The Hall–Kier alpha value is -2.36. The number of carbonyl (C=O) groups is 1. The molecule has 0 aliphatic heterocycles. The quantitative estimate of drug-likeness (QED) is 0.711. The number of sulfone groups is 1. The second-order valence-electron chi connectivity index (χ2n) is 6.51. The van der Waals surface area contributed by atoms with Crippen LogP contribution in [0.3, 0.4) is 0 Å². The molecule has 0 aromatic heterocycles. The molecule has 3 atom stereocenters. The van der Waals surface area contributed by atoms with E-state index in [0.717, 1.165) is 5.56 Å². The van der Waals surface area contributed by atoms with Crippen molar-refractivity contribution in [1.82, 2.24) is 0 Å². The molecule has 0 heterocycles. The number of hydrogen-bond donors (Lipinski definition) is 0. The fourth-order valence-electron chi connectivity index (χ4n) is 3.43. The molecule has 1 fully saturated rings. The second-order valence-corrected chi connectivity index (χ2v) is 9.01. The van der Waals surface area contributed by atoms with Crippen LogP contribution in [0.1, 0.15) is 24.0 Å². The Morgan fingerprint density at radius 3 is 2.30 bits per heavy atom. The first-order valence-corrected chi connectivity index (χ1v) is 10.4. The number of carbonyl (C=O) groups excluding carboxylic acids is 1. The van der Waals surface area contributed by atoms with Crippen LogP contribution < -0.4 is 0 Å². The van der Waals surface area contributed by atoms with Crippen molar-refractivity contribution in [2.75, 3.05) is 6.61 Å². The summed E-state index contributed by atoms with van der Waals surface area (Å²) in [7, 11) is -3.95. The van der Waals surface area contributed by atoms with Crippen molar-refractivity contribution in [3.63, 3.8) is 0 Å². The molecule has 140 valence electrons. The van der Waals surface area contributed by atoms with Gasteiger partial charge in [0.05, 0.1) is 17.6 Å². The average molecular weight is 404 g/mol. The van der Waals surface area contributed by atoms with Crippen molar-refractivity contribution in [1.29, 1.82) is 5.26 Å². The van der Waals surface area contributed by atoms with E-state index in [1.54, 1.807) is 19.1 Å². The van der Waals surface area contributed by atoms with E-state index in [-0.39, 0.29) is 11.5 Å². The Morgan fingerprint density at radius 1 is 1.19 bits per heavy atom. The number of hydrogen-bond acceptors (Lipinski definition) is 5. The SMILES string of the molecule is CCOC(=O)[C@]1(C#N)[C@H](c2ccc(C)cc2)[C@H]1S(=O)(=O)c1ccc(Cl)cc1. The average Bonchev–Trinajstić information content (AvgIpc) is 3.34. The molecule has 1 saturated carbocycles. The molecule has 1 aliphatic rings. The summed E-state index contributed by atoms with van der Waals surface area (Å²) in [5.74, 6) is -1.59. The molecule has 0 saturated heterocycles. The van der Waals surface area contributed by atoms with Crippen molar-refractivity contribution in [3.05, 3.63) is 64.7 Å². The highest BCUT2D eigenvalue weighted by Gasteiger charge is 2.77. The molecular weight excluding hydrogens is 386 g/mol. The van der Waals surface area contributed by atoms with E-state index in [0.29, 0.717) is 10.6 Å². The highest BCUT2D eigenvalue weighted by molar-refractivity contribution is 7.92. The minimum atomic E-state index is -3.95. The smallest absolute Gasteiger partial charge is 0.328 e. The van der Waals surface area contributed by atoms with Crippen LogP contribution in [0.2, 0.25) is 5.02 Å². The molecule has 0 radical (unpaired) electrons. The van der Waals surface area contributed by atoms with E-state index in [9.17, 15) is 18.5 Å². The Balaban J connectivity index is 2.12. The Kier molecular flexibility index (Phi) is 5.02. The first-order chi connectivity index (χ1) is 12.8. The van der Waals surface area contributed by atoms with Crippen molar-refractivity contribution >= 4 is 27.4 Å². The van der Waals surface area contributed by atoms with Crippen LogP contribution in [-0.4, -0.2) is 26.2 Å². The maximum atomic E-state index is 13.2. The third-order valence-electron chi connectivity index (χ3n) is 4.84.